The highest BCUT2D eigenvalue weighted by Crippen LogP contribution is 2.30. The van der Waals surface area contributed by atoms with Crippen molar-refractivity contribution in [2.45, 2.75) is 32.7 Å². The van der Waals surface area contributed by atoms with E-state index in [9.17, 15) is 0 Å². The van der Waals surface area contributed by atoms with E-state index in [1.807, 2.05) is 26.1 Å². The number of likely N-dealkylation sites (N-methyl/N-ethyl adjacent to an activating group) is 1. The van der Waals surface area contributed by atoms with Crippen molar-refractivity contribution < 1.29 is 0 Å². The third-order valence-corrected chi connectivity index (χ3v) is 4.40. The maximum atomic E-state index is 6.30. The van der Waals surface area contributed by atoms with E-state index < -0.39 is 0 Å². The van der Waals surface area contributed by atoms with Crippen molar-refractivity contribution >= 4 is 23.2 Å². The molecule has 0 aliphatic rings. The quantitative estimate of drug-likeness (QED) is 0.897. The molecule has 1 N–H and O–H groups in total. The highest BCUT2D eigenvalue weighted by atomic mass is 35.5. The Bertz CT molecular complexity index is 629. The zero-order chi connectivity index (χ0) is 15.4. The molecule has 0 aliphatic heterocycles. The summed E-state index contributed by atoms with van der Waals surface area (Å²) in [7, 11) is 1.94. The predicted octanol–water partition coefficient (Wildman–Crippen LogP) is 4.16. The van der Waals surface area contributed by atoms with Crippen molar-refractivity contribution in [1.29, 1.82) is 0 Å². The van der Waals surface area contributed by atoms with E-state index in [0.29, 0.717) is 10.0 Å². The number of benzene rings is 1. The van der Waals surface area contributed by atoms with Gasteiger partial charge in [-0.25, -0.2) is 0 Å². The molecule has 0 amide bonds. The van der Waals surface area contributed by atoms with E-state index in [0.717, 1.165) is 29.8 Å². The summed E-state index contributed by atoms with van der Waals surface area (Å²) in [5.74, 6) is 0. The molecule has 1 heterocycles. The molecule has 21 heavy (non-hydrogen) atoms. The molecule has 2 aromatic rings. The van der Waals surface area contributed by atoms with Crippen LogP contribution in [0.5, 0.6) is 0 Å². The molecule has 2 rings (SSSR count). The summed E-state index contributed by atoms with van der Waals surface area (Å²) in [6.45, 7) is 4.04. The first kappa shape index (κ1) is 16.2. The van der Waals surface area contributed by atoms with E-state index in [1.54, 1.807) is 6.07 Å². The minimum absolute atomic E-state index is 0.130. The van der Waals surface area contributed by atoms with Crippen LogP contribution in [-0.4, -0.2) is 17.2 Å². The van der Waals surface area contributed by atoms with Crippen LogP contribution >= 0.6 is 23.2 Å². The Morgan fingerprint density at radius 3 is 2.67 bits per heavy atom. The minimum Gasteiger partial charge on any atom is -0.313 e. The van der Waals surface area contributed by atoms with Crippen molar-refractivity contribution in [3.05, 3.63) is 56.8 Å². The number of hydrogen-bond acceptors (Lipinski definition) is 3. The fourth-order valence-electron chi connectivity index (χ4n) is 2.40. The molecule has 1 aromatic carbocycles. The van der Waals surface area contributed by atoms with Gasteiger partial charge in [-0.2, -0.15) is 10.2 Å². The number of nitrogens with one attached hydrogen (secondary N) is 1. The maximum absolute atomic E-state index is 6.30. The first-order valence-corrected chi connectivity index (χ1v) is 7.75. The van der Waals surface area contributed by atoms with Gasteiger partial charge in [-0.1, -0.05) is 42.3 Å². The Morgan fingerprint density at radius 2 is 2.00 bits per heavy atom. The van der Waals surface area contributed by atoms with Crippen molar-refractivity contribution in [2.75, 3.05) is 7.05 Å². The van der Waals surface area contributed by atoms with E-state index in [4.69, 9.17) is 23.2 Å². The first-order valence-electron chi connectivity index (χ1n) is 7.00. The molecule has 0 fully saturated rings. The van der Waals surface area contributed by atoms with Crippen LogP contribution in [-0.2, 0) is 12.8 Å². The number of hydrogen-bond donors (Lipinski definition) is 1. The van der Waals surface area contributed by atoms with Gasteiger partial charge in [-0.05, 0) is 50.1 Å². The van der Waals surface area contributed by atoms with Gasteiger partial charge in [0.2, 0.25) is 0 Å². The summed E-state index contributed by atoms with van der Waals surface area (Å²) < 4.78 is 0. The molecule has 0 radical (unpaired) electrons. The van der Waals surface area contributed by atoms with Crippen LogP contribution < -0.4 is 5.32 Å². The van der Waals surface area contributed by atoms with E-state index in [-0.39, 0.29) is 6.04 Å². The summed E-state index contributed by atoms with van der Waals surface area (Å²) in [6, 6.07) is 7.95. The molecule has 0 saturated heterocycles. The Morgan fingerprint density at radius 1 is 1.24 bits per heavy atom. The average Bonchev–Trinajstić information content (AvgIpc) is 2.49. The first-order chi connectivity index (χ1) is 10.1. The summed E-state index contributed by atoms with van der Waals surface area (Å²) in [5.41, 5.74) is 4.13. The van der Waals surface area contributed by atoms with E-state index >= 15 is 0 Å². The zero-order valence-corrected chi connectivity index (χ0v) is 14.0. The van der Waals surface area contributed by atoms with Gasteiger partial charge in [0, 0.05) is 6.04 Å². The highest BCUT2D eigenvalue weighted by molar-refractivity contribution is 6.42. The Labute approximate surface area is 135 Å². The van der Waals surface area contributed by atoms with Crippen LogP contribution in [0.2, 0.25) is 10.0 Å². The molecule has 5 heteroatoms. The molecule has 1 unspecified atom stereocenters. The normalized spacial score (nSPS) is 12.4. The van der Waals surface area contributed by atoms with E-state index in [1.165, 1.54) is 5.56 Å². The molecule has 112 valence electrons. The monoisotopic (exact) mass is 323 g/mol. The number of rotatable bonds is 5. The van der Waals surface area contributed by atoms with Gasteiger partial charge in [-0.3, -0.25) is 0 Å². The third kappa shape index (κ3) is 3.73. The largest absolute Gasteiger partial charge is 0.313 e. The topological polar surface area (TPSA) is 37.8 Å². The van der Waals surface area contributed by atoms with Crippen molar-refractivity contribution in [3.63, 3.8) is 0 Å². The van der Waals surface area contributed by atoms with Gasteiger partial charge < -0.3 is 5.32 Å². The van der Waals surface area contributed by atoms with E-state index in [2.05, 4.69) is 28.5 Å². The zero-order valence-electron chi connectivity index (χ0n) is 12.5. The highest BCUT2D eigenvalue weighted by Gasteiger charge is 2.17. The van der Waals surface area contributed by atoms with Gasteiger partial charge in [0.1, 0.15) is 0 Å². The van der Waals surface area contributed by atoms with Crippen LogP contribution in [0.4, 0.5) is 0 Å². The lowest BCUT2D eigenvalue weighted by atomic mass is 9.96. The predicted molar refractivity (Wildman–Crippen MR) is 88.1 cm³/mol. The van der Waals surface area contributed by atoms with Crippen molar-refractivity contribution in [2.24, 2.45) is 0 Å². The standard InChI is InChI=1S/C16H19Cl2N3/c1-4-14-12(8-10(2)20-21-14)15(19-3)9-11-6-5-7-13(17)16(11)18/h5-8,15,19H,4,9H2,1-3H3. The van der Waals surface area contributed by atoms with Crippen LogP contribution in [0, 0.1) is 6.92 Å². The SMILES string of the molecule is CCc1nnc(C)cc1C(Cc1cccc(Cl)c1Cl)NC. The summed E-state index contributed by atoms with van der Waals surface area (Å²) >= 11 is 12.4. The number of nitrogens with zero attached hydrogens (tertiary/aromatic N) is 2. The maximum Gasteiger partial charge on any atom is 0.0676 e. The second-order valence-corrected chi connectivity index (χ2v) is 5.78. The van der Waals surface area contributed by atoms with Gasteiger partial charge >= 0.3 is 0 Å². The van der Waals surface area contributed by atoms with Gasteiger partial charge in [-0.15, -0.1) is 0 Å². The molecule has 3 nitrogen and oxygen atoms in total. The van der Waals surface area contributed by atoms with Crippen LogP contribution in [0.1, 0.15) is 35.5 Å². The summed E-state index contributed by atoms with van der Waals surface area (Å²) in [4.78, 5) is 0. The van der Waals surface area contributed by atoms with Crippen LogP contribution in [0.25, 0.3) is 0 Å². The van der Waals surface area contributed by atoms with Crippen LogP contribution in [0.15, 0.2) is 24.3 Å². The smallest absolute Gasteiger partial charge is 0.0676 e. The lowest BCUT2D eigenvalue weighted by Crippen LogP contribution is -2.21. The van der Waals surface area contributed by atoms with Crippen LogP contribution in [0.3, 0.4) is 0 Å². The third-order valence-electron chi connectivity index (χ3n) is 3.54. The fourth-order valence-corrected chi connectivity index (χ4v) is 2.80. The van der Waals surface area contributed by atoms with Crippen molar-refractivity contribution in [1.82, 2.24) is 15.5 Å². The second-order valence-electron chi connectivity index (χ2n) is 5.00. The second kappa shape index (κ2) is 7.21. The fraction of sp³-hybridized carbons (Fsp3) is 0.375. The molecule has 1 atom stereocenters. The Kier molecular flexibility index (Phi) is 5.57. The summed E-state index contributed by atoms with van der Waals surface area (Å²) in [5, 5.41) is 13.0. The molecule has 1 aromatic heterocycles. The number of aryl methyl sites for hydroxylation is 2. The average molecular weight is 324 g/mol. The minimum atomic E-state index is 0.130. The molecular weight excluding hydrogens is 305 g/mol. The molecule has 0 bridgehead atoms. The molecule has 0 aliphatic carbocycles. The molecular formula is C16H19Cl2N3. The lowest BCUT2D eigenvalue weighted by Gasteiger charge is -2.20. The van der Waals surface area contributed by atoms with Gasteiger partial charge in [0.15, 0.2) is 0 Å². The molecule has 0 saturated carbocycles. The Balaban J connectivity index is 2.36. The molecule has 0 spiro atoms. The van der Waals surface area contributed by atoms with Gasteiger partial charge in [0.25, 0.3) is 0 Å². The number of aromatic nitrogens is 2. The Hall–Kier alpha value is -1.16. The lowest BCUT2D eigenvalue weighted by molar-refractivity contribution is 0.579. The van der Waals surface area contributed by atoms with Crippen molar-refractivity contribution in [3.8, 4) is 0 Å². The summed E-state index contributed by atoms with van der Waals surface area (Å²) in [6.07, 6.45) is 1.61. The van der Waals surface area contributed by atoms with Gasteiger partial charge in [0.05, 0.1) is 21.4 Å². The number of halogens is 2.